The Bertz CT molecular complexity index is 514. The number of rotatable bonds is 11. The topological polar surface area (TPSA) is 27.7 Å². The van der Waals surface area contributed by atoms with Crippen LogP contribution in [0, 0.1) is 5.92 Å². The minimum atomic E-state index is -4.68. The van der Waals surface area contributed by atoms with E-state index in [0.29, 0.717) is 24.6 Å². The van der Waals surface area contributed by atoms with Crippen LogP contribution in [0.5, 0.6) is 5.75 Å². The van der Waals surface area contributed by atoms with E-state index < -0.39 is 13.5 Å². The second kappa shape index (κ2) is 11.6. The van der Waals surface area contributed by atoms with E-state index in [1.807, 2.05) is 0 Å². The molecule has 1 aromatic rings. The first kappa shape index (κ1) is 22.1. The number of ether oxygens (including phenoxy) is 1. The third-order valence-corrected chi connectivity index (χ3v) is 4.82. The maximum Gasteiger partial charge on any atom is 0.573 e. The number of halogens is 3. The molecule has 1 aromatic carbocycles. The summed E-state index contributed by atoms with van der Waals surface area (Å²) >= 11 is 0. The number of hydrogen-bond donors (Lipinski definition) is 0. The van der Waals surface area contributed by atoms with Gasteiger partial charge in [0.15, 0.2) is 0 Å². The van der Waals surface area contributed by atoms with Crippen molar-refractivity contribution in [1.29, 1.82) is 0 Å². The Balaban J connectivity index is 1.60. The lowest BCUT2D eigenvalue weighted by Gasteiger charge is -2.27. The number of alkyl halides is 3. The lowest BCUT2D eigenvalue weighted by molar-refractivity contribution is -0.274. The summed E-state index contributed by atoms with van der Waals surface area (Å²) in [6.45, 7) is 3.49. The highest BCUT2D eigenvalue weighted by molar-refractivity contribution is 6.61. The van der Waals surface area contributed by atoms with Crippen LogP contribution in [0.4, 0.5) is 13.2 Å². The Hall–Kier alpha value is -1.21. The summed E-state index contributed by atoms with van der Waals surface area (Å²) in [5, 5.41) is 0. The minimum Gasteiger partial charge on any atom is -0.407 e. The Morgan fingerprint density at radius 2 is 1.48 bits per heavy atom. The van der Waals surface area contributed by atoms with Gasteiger partial charge in [0.2, 0.25) is 0 Å². The van der Waals surface area contributed by atoms with Gasteiger partial charge in [0, 0.05) is 19.1 Å². The molecule has 0 aromatic heterocycles. The molecule has 0 atom stereocenters. The molecule has 0 saturated carbocycles. The molecule has 0 aliphatic carbocycles. The van der Waals surface area contributed by atoms with E-state index in [1.165, 1.54) is 63.5 Å². The van der Waals surface area contributed by atoms with Crippen LogP contribution in [-0.4, -0.2) is 26.7 Å². The quantitative estimate of drug-likeness (QED) is 0.373. The second-order valence-corrected chi connectivity index (χ2v) is 7.25. The molecule has 1 saturated heterocycles. The summed E-state index contributed by atoms with van der Waals surface area (Å²) in [5.41, 5.74) is 0.704. The predicted octanol–water partition coefficient (Wildman–Crippen LogP) is 5.47. The van der Waals surface area contributed by atoms with Crippen molar-refractivity contribution in [1.82, 2.24) is 0 Å². The average molecular weight is 386 g/mol. The summed E-state index contributed by atoms with van der Waals surface area (Å²) in [6.07, 6.45) is 6.82. The third-order valence-electron chi connectivity index (χ3n) is 4.82. The molecule has 0 bridgehead atoms. The van der Waals surface area contributed by atoms with Crippen molar-refractivity contribution in [2.24, 2.45) is 5.92 Å². The highest BCUT2D eigenvalue weighted by atomic mass is 19.4. The van der Waals surface area contributed by atoms with Crippen LogP contribution >= 0.6 is 0 Å². The van der Waals surface area contributed by atoms with E-state index in [2.05, 4.69) is 11.7 Å². The Kier molecular flexibility index (Phi) is 9.49. The highest BCUT2D eigenvalue weighted by Crippen LogP contribution is 2.22. The van der Waals surface area contributed by atoms with Crippen molar-refractivity contribution in [3.05, 3.63) is 24.3 Å². The van der Waals surface area contributed by atoms with E-state index in [9.17, 15) is 13.2 Å². The van der Waals surface area contributed by atoms with Crippen molar-refractivity contribution >= 4 is 12.6 Å². The Morgan fingerprint density at radius 1 is 0.926 bits per heavy atom. The van der Waals surface area contributed by atoms with E-state index >= 15 is 0 Å². The first-order valence-electron chi connectivity index (χ1n) is 10.1. The van der Waals surface area contributed by atoms with Gasteiger partial charge in [-0.3, -0.25) is 0 Å². The van der Waals surface area contributed by atoms with Gasteiger partial charge < -0.3 is 14.0 Å². The smallest absolute Gasteiger partial charge is 0.407 e. The molecule has 1 heterocycles. The van der Waals surface area contributed by atoms with Crippen molar-refractivity contribution in [3.63, 3.8) is 0 Å². The molecule has 1 aliphatic rings. The average Bonchev–Trinajstić information content (AvgIpc) is 2.64. The van der Waals surface area contributed by atoms with Gasteiger partial charge in [0.05, 0.1) is 0 Å². The van der Waals surface area contributed by atoms with Gasteiger partial charge >= 0.3 is 13.5 Å². The first-order valence-corrected chi connectivity index (χ1v) is 10.1. The standard InChI is InChI=1S/C20H30BF3O3/c1-2-3-4-5-6-7-8-9-10-17-15-25-21(26-16-17)18-11-13-19(14-12-18)27-20(22,23)24/h11-14,17H,2-10,15-16H2,1H3. The SMILES string of the molecule is CCCCCCCCCCC1COB(c2ccc(OC(F)(F)F)cc2)OC1. The largest absolute Gasteiger partial charge is 0.573 e. The van der Waals surface area contributed by atoms with Gasteiger partial charge in [-0.25, -0.2) is 0 Å². The van der Waals surface area contributed by atoms with Gasteiger partial charge in [-0.15, -0.1) is 13.2 Å². The molecule has 1 aliphatic heterocycles. The van der Waals surface area contributed by atoms with Crippen LogP contribution in [0.1, 0.15) is 64.7 Å². The van der Waals surface area contributed by atoms with Crippen LogP contribution in [0.3, 0.4) is 0 Å². The van der Waals surface area contributed by atoms with E-state index in [1.54, 1.807) is 12.1 Å². The fourth-order valence-electron chi connectivity index (χ4n) is 3.30. The minimum absolute atomic E-state index is 0.241. The molecule has 0 amide bonds. The molecule has 0 radical (unpaired) electrons. The van der Waals surface area contributed by atoms with Crippen LogP contribution in [0.15, 0.2) is 24.3 Å². The van der Waals surface area contributed by atoms with Gasteiger partial charge in [-0.2, -0.15) is 0 Å². The molecule has 2 rings (SSSR count). The summed E-state index contributed by atoms with van der Waals surface area (Å²) in [4.78, 5) is 0. The summed E-state index contributed by atoms with van der Waals surface area (Å²) in [6, 6.07) is 5.65. The van der Waals surface area contributed by atoms with E-state index in [4.69, 9.17) is 9.31 Å². The van der Waals surface area contributed by atoms with Crippen molar-refractivity contribution in [2.45, 2.75) is 71.1 Å². The lowest BCUT2D eigenvalue weighted by Crippen LogP contribution is -2.44. The zero-order valence-corrected chi connectivity index (χ0v) is 16.1. The van der Waals surface area contributed by atoms with Gasteiger partial charge in [0.1, 0.15) is 5.75 Å². The molecular formula is C20H30BF3O3. The zero-order chi connectivity index (χ0) is 19.5. The van der Waals surface area contributed by atoms with Crippen LogP contribution in [0.25, 0.3) is 0 Å². The van der Waals surface area contributed by atoms with Gasteiger partial charge in [-0.1, -0.05) is 70.4 Å². The number of benzene rings is 1. The fourth-order valence-corrected chi connectivity index (χ4v) is 3.30. The first-order chi connectivity index (χ1) is 13.0. The van der Waals surface area contributed by atoms with Gasteiger partial charge in [-0.05, 0) is 24.0 Å². The molecule has 3 nitrogen and oxygen atoms in total. The normalized spacial score (nSPS) is 15.9. The van der Waals surface area contributed by atoms with Gasteiger partial charge in [0.25, 0.3) is 0 Å². The van der Waals surface area contributed by atoms with Crippen molar-refractivity contribution < 1.29 is 27.2 Å². The predicted molar refractivity (Wildman–Crippen MR) is 101 cm³/mol. The maximum absolute atomic E-state index is 12.2. The van der Waals surface area contributed by atoms with Crippen LogP contribution < -0.4 is 10.2 Å². The van der Waals surface area contributed by atoms with E-state index in [-0.39, 0.29) is 5.75 Å². The molecule has 7 heteroatoms. The monoisotopic (exact) mass is 386 g/mol. The molecular weight excluding hydrogens is 356 g/mol. The highest BCUT2D eigenvalue weighted by Gasteiger charge is 2.32. The zero-order valence-electron chi connectivity index (χ0n) is 16.1. The van der Waals surface area contributed by atoms with Crippen LogP contribution in [-0.2, 0) is 9.31 Å². The number of unbranched alkanes of at least 4 members (excludes halogenated alkanes) is 7. The third kappa shape index (κ3) is 9.02. The molecule has 0 N–H and O–H groups in total. The summed E-state index contributed by atoms with van der Waals surface area (Å²) in [5.74, 6) is 0.156. The van der Waals surface area contributed by atoms with Crippen molar-refractivity contribution in [3.8, 4) is 5.75 Å². The molecule has 1 fully saturated rings. The Morgan fingerprint density at radius 3 is 2.04 bits per heavy atom. The lowest BCUT2D eigenvalue weighted by atomic mass is 9.77. The molecule has 152 valence electrons. The summed E-state index contributed by atoms with van der Waals surface area (Å²) in [7, 11) is -0.514. The van der Waals surface area contributed by atoms with E-state index in [0.717, 1.165) is 6.42 Å². The number of hydrogen-bond acceptors (Lipinski definition) is 3. The molecule has 0 unspecified atom stereocenters. The molecule has 0 spiro atoms. The second-order valence-electron chi connectivity index (χ2n) is 7.25. The Labute approximate surface area is 160 Å². The maximum atomic E-state index is 12.2. The molecule has 27 heavy (non-hydrogen) atoms. The fraction of sp³-hybridized carbons (Fsp3) is 0.700. The van der Waals surface area contributed by atoms with Crippen molar-refractivity contribution in [2.75, 3.05) is 13.2 Å². The van der Waals surface area contributed by atoms with Crippen LogP contribution in [0.2, 0.25) is 0 Å². The summed E-state index contributed by atoms with van der Waals surface area (Å²) < 4.78 is 51.9.